The van der Waals surface area contributed by atoms with Crippen molar-refractivity contribution in [3.63, 3.8) is 0 Å². The van der Waals surface area contributed by atoms with Gasteiger partial charge in [-0.3, -0.25) is 14.4 Å². The molecule has 1 saturated heterocycles. The number of nitriles is 1. The number of allylic oxidation sites excluding steroid dienone is 2. The van der Waals surface area contributed by atoms with Gasteiger partial charge in [-0.15, -0.1) is 0 Å². The van der Waals surface area contributed by atoms with Crippen molar-refractivity contribution in [1.82, 2.24) is 4.90 Å². The van der Waals surface area contributed by atoms with E-state index in [0.717, 1.165) is 0 Å². The monoisotopic (exact) mass is 355 g/mol. The number of ether oxygens (including phenoxy) is 1. The second-order valence-electron chi connectivity index (χ2n) is 6.25. The number of nitrogens with zero attached hydrogens (tertiary/aromatic N) is 2. The molecule has 134 valence electrons. The molecule has 1 fully saturated rings. The van der Waals surface area contributed by atoms with E-state index in [-0.39, 0.29) is 5.78 Å². The molecule has 0 saturated carbocycles. The molecule has 2 aliphatic heterocycles. The molecule has 0 aromatic carbocycles. The van der Waals surface area contributed by atoms with Crippen molar-refractivity contribution in [2.45, 2.75) is 24.9 Å². The van der Waals surface area contributed by atoms with Crippen LogP contribution in [0.25, 0.3) is 0 Å². The SMILES string of the molecule is COC(=O)[C@@]1(C#N)[C@@H]2C=CC(C(C)=O)=CN2[C@@H](C(N)=O)[C@@H]1c1ccoc1. The van der Waals surface area contributed by atoms with Gasteiger partial charge in [-0.1, -0.05) is 12.2 Å². The number of carbonyl (C=O) groups is 3. The Balaban J connectivity index is 2.28. The molecule has 3 heterocycles. The molecule has 0 bridgehead atoms. The predicted molar refractivity (Wildman–Crippen MR) is 88.0 cm³/mol. The number of Topliss-reactive ketones (excluding diaryl/α,β-unsaturated/α-hetero) is 1. The number of rotatable bonds is 4. The van der Waals surface area contributed by atoms with Crippen molar-refractivity contribution < 1.29 is 23.5 Å². The van der Waals surface area contributed by atoms with E-state index in [4.69, 9.17) is 14.9 Å². The zero-order valence-corrected chi connectivity index (χ0v) is 14.2. The average Bonchev–Trinajstić information content (AvgIpc) is 3.24. The van der Waals surface area contributed by atoms with E-state index in [1.165, 1.54) is 43.7 Å². The predicted octanol–water partition coefficient (Wildman–Crippen LogP) is 0.627. The fourth-order valence-corrected chi connectivity index (χ4v) is 3.84. The van der Waals surface area contributed by atoms with Gasteiger partial charge in [0.05, 0.1) is 31.7 Å². The number of amides is 1. The summed E-state index contributed by atoms with van der Waals surface area (Å²) in [6.45, 7) is 1.39. The Kier molecular flexibility index (Phi) is 4.16. The molecule has 26 heavy (non-hydrogen) atoms. The van der Waals surface area contributed by atoms with Crippen LogP contribution >= 0.6 is 0 Å². The van der Waals surface area contributed by atoms with Gasteiger partial charge >= 0.3 is 5.97 Å². The highest BCUT2D eigenvalue weighted by atomic mass is 16.5. The number of esters is 1. The van der Waals surface area contributed by atoms with E-state index in [1.54, 1.807) is 12.1 Å². The summed E-state index contributed by atoms with van der Waals surface area (Å²) >= 11 is 0. The summed E-state index contributed by atoms with van der Waals surface area (Å²) in [6.07, 6.45) is 7.32. The van der Waals surface area contributed by atoms with E-state index in [2.05, 4.69) is 6.07 Å². The Morgan fingerprint density at radius 2 is 2.15 bits per heavy atom. The van der Waals surface area contributed by atoms with Crippen molar-refractivity contribution in [2.24, 2.45) is 11.1 Å². The molecule has 0 radical (unpaired) electrons. The van der Waals surface area contributed by atoms with Crippen LogP contribution in [0.5, 0.6) is 0 Å². The quantitative estimate of drug-likeness (QED) is 0.785. The van der Waals surface area contributed by atoms with E-state index in [9.17, 15) is 19.6 Å². The number of carbonyl (C=O) groups excluding carboxylic acids is 3. The fraction of sp³-hybridized carbons (Fsp3) is 0.333. The van der Waals surface area contributed by atoms with Gasteiger partial charge in [0.1, 0.15) is 6.04 Å². The summed E-state index contributed by atoms with van der Waals surface area (Å²) in [7, 11) is 1.18. The normalized spacial score (nSPS) is 29.5. The maximum atomic E-state index is 12.7. The van der Waals surface area contributed by atoms with E-state index in [0.29, 0.717) is 11.1 Å². The van der Waals surface area contributed by atoms with Gasteiger partial charge in [0.25, 0.3) is 0 Å². The Labute approximate surface area is 149 Å². The van der Waals surface area contributed by atoms with Crippen molar-refractivity contribution >= 4 is 17.7 Å². The summed E-state index contributed by atoms with van der Waals surface area (Å²) < 4.78 is 10.0. The van der Waals surface area contributed by atoms with Crippen LogP contribution in [0.4, 0.5) is 0 Å². The van der Waals surface area contributed by atoms with Crippen molar-refractivity contribution in [1.29, 1.82) is 5.26 Å². The van der Waals surface area contributed by atoms with Crippen LogP contribution in [-0.2, 0) is 19.1 Å². The Morgan fingerprint density at radius 1 is 1.42 bits per heavy atom. The summed E-state index contributed by atoms with van der Waals surface area (Å²) in [5, 5.41) is 10.0. The van der Waals surface area contributed by atoms with E-state index in [1.807, 2.05) is 0 Å². The molecule has 0 spiro atoms. The van der Waals surface area contributed by atoms with E-state index >= 15 is 0 Å². The molecular formula is C18H17N3O5. The van der Waals surface area contributed by atoms with Gasteiger partial charge in [0.2, 0.25) is 5.91 Å². The minimum Gasteiger partial charge on any atom is -0.472 e. The first kappa shape index (κ1) is 17.5. The number of furan rings is 1. The molecule has 2 aliphatic rings. The fourth-order valence-electron chi connectivity index (χ4n) is 3.84. The second kappa shape index (κ2) is 6.19. The molecule has 8 heteroatoms. The van der Waals surface area contributed by atoms with Crippen LogP contribution in [-0.4, -0.2) is 41.8 Å². The third-order valence-electron chi connectivity index (χ3n) is 4.97. The topological polar surface area (TPSA) is 127 Å². The Hall–Kier alpha value is -3.34. The van der Waals surface area contributed by atoms with Crippen LogP contribution in [0.1, 0.15) is 18.4 Å². The molecule has 3 rings (SSSR count). The van der Waals surface area contributed by atoms with E-state index < -0.39 is 35.3 Å². The number of hydrogen-bond acceptors (Lipinski definition) is 7. The maximum Gasteiger partial charge on any atom is 0.329 e. The number of hydrogen-bond donors (Lipinski definition) is 1. The Bertz CT molecular complexity index is 864. The minimum absolute atomic E-state index is 0.213. The molecule has 0 unspecified atom stereocenters. The number of nitrogens with two attached hydrogens (primary N) is 1. The lowest BCUT2D eigenvalue weighted by molar-refractivity contribution is -0.150. The standard InChI is InChI=1S/C18H17N3O5/c1-10(22)11-3-4-13-18(9-19,17(24)25-2)14(12-5-6-26-8-12)15(16(20)23)21(13)7-11/h3-8,13-15H,1-2H3,(H2,20,23)/t13-,14-,15+,18-/m0/s1. The molecule has 4 atom stereocenters. The number of fused-ring (bicyclic) bond motifs is 1. The lowest BCUT2D eigenvalue weighted by atomic mass is 9.69. The number of methoxy groups -OCH3 is 1. The molecule has 8 nitrogen and oxygen atoms in total. The highest BCUT2D eigenvalue weighted by molar-refractivity contribution is 5.97. The highest BCUT2D eigenvalue weighted by Crippen LogP contribution is 2.53. The molecular weight excluding hydrogens is 338 g/mol. The summed E-state index contributed by atoms with van der Waals surface area (Å²) in [5.74, 6) is -2.64. The van der Waals surface area contributed by atoms with Crippen LogP contribution in [0.15, 0.2) is 46.9 Å². The molecule has 1 aromatic heterocycles. The van der Waals surface area contributed by atoms with Gasteiger partial charge in [0.15, 0.2) is 11.2 Å². The second-order valence-corrected chi connectivity index (χ2v) is 6.25. The molecule has 0 aliphatic carbocycles. The number of ketones is 1. The van der Waals surface area contributed by atoms with Crippen LogP contribution < -0.4 is 5.73 Å². The molecule has 1 amide bonds. The highest BCUT2D eigenvalue weighted by Gasteiger charge is 2.66. The average molecular weight is 355 g/mol. The minimum atomic E-state index is -1.73. The first-order chi connectivity index (χ1) is 12.4. The summed E-state index contributed by atoms with van der Waals surface area (Å²) in [5.41, 5.74) is 4.72. The first-order valence-corrected chi connectivity index (χ1v) is 7.88. The zero-order valence-electron chi connectivity index (χ0n) is 14.2. The third kappa shape index (κ3) is 2.24. The van der Waals surface area contributed by atoms with Gasteiger partial charge in [-0.25, -0.2) is 0 Å². The van der Waals surface area contributed by atoms with Gasteiger partial charge < -0.3 is 19.8 Å². The lowest BCUT2D eigenvalue weighted by Crippen LogP contribution is -2.45. The lowest BCUT2D eigenvalue weighted by Gasteiger charge is -2.32. The smallest absolute Gasteiger partial charge is 0.329 e. The van der Waals surface area contributed by atoms with Crippen molar-refractivity contribution in [3.05, 3.63) is 48.1 Å². The third-order valence-corrected chi connectivity index (χ3v) is 4.97. The maximum absolute atomic E-state index is 12.7. The Morgan fingerprint density at radius 3 is 2.65 bits per heavy atom. The number of primary amides is 1. The van der Waals surface area contributed by atoms with Gasteiger partial charge in [-0.2, -0.15) is 5.26 Å². The summed E-state index contributed by atoms with van der Waals surface area (Å²) in [4.78, 5) is 38.3. The largest absolute Gasteiger partial charge is 0.472 e. The van der Waals surface area contributed by atoms with Gasteiger partial charge in [0, 0.05) is 17.7 Å². The van der Waals surface area contributed by atoms with Crippen LogP contribution in [0.2, 0.25) is 0 Å². The van der Waals surface area contributed by atoms with Crippen LogP contribution in [0.3, 0.4) is 0 Å². The first-order valence-electron chi connectivity index (χ1n) is 7.88. The summed E-state index contributed by atoms with van der Waals surface area (Å²) in [6, 6.07) is 1.79. The van der Waals surface area contributed by atoms with Crippen LogP contribution in [0, 0.1) is 16.7 Å². The zero-order chi connectivity index (χ0) is 19.1. The van der Waals surface area contributed by atoms with Crippen molar-refractivity contribution in [2.75, 3.05) is 7.11 Å². The molecule has 1 aromatic rings. The van der Waals surface area contributed by atoms with Gasteiger partial charge in [-0.05, 0) is 18.6 Å². The molecule has 2 N–H and O–H groups in total. The van der Waals surface area contributed by atoms with Crippen molar-refractivity contribution in [3.8, 4) is 6.07 Å².